The van der Waals surface area contributed by atoms with Crippen LogP contribution in [0.5, 0.6) is 0 Å². The van der Waals surface area contributed by atoms with Crippen molar-refractivity contribution >= 4 is 125 Å². The quantitative estimate of drug-likeness (QED) is 0.0413. The van der Waals surface area contributed by atoms with E-state index in [4.69, 9.17) is 9.47 Å². The average molecular weight is 1170 g/mol. The van der Waals surface area contributed by atoms with Gasteiger partial charge in [-0.25, -0.2) is 19.4 Å². The van der Waals surface area contributed by atoms with E-state index in [9.17, 15) is 24.7 Å². The summed E-state index contributed by atoms with van der Waals surface area (Å²) in [5, 5.41) is 5.96. The molecule has 0 N–H and O–H groups in total. The zero-order valence-electron chi connectivity index (χ0n) is 46.7. The third-order valence-corrected chi connectivity index (χ3v) is 15.6. The summed E-state index contributed by atoms with van der Waals surface area (Å²) in [6, 6.07) is 41.6. The van der Waals surface area contributed by atoms with Crippen LogP contribution >= 0.6 is 15.9 Å². The molecule has 2 saturated heterocycles. The fraction of sp³-hybridized carbons (Fsp3) is 0.267. The van der Waals surface area contributed by atoms with E-state index in [1.807, 2.05) is 117 Å². The van der Waals surface area contributed by atoms with Gasteiger partial charge in [0, 0.05) is 39.9 Å². The number of alkyl halides is 1. The molecule has 0 aliphatic carbocycles. The molecule has 0 bridgehead atoms. The Kier molecular flexibility index (Phi) is 22.1. The molecular formula is C60H59BrK3N7O6. The van der Waals surface area contributed by atoms with Crippen LogP contribution in [0.1, 0.15) is 94.8 Å². The van der Waals surface area contributed by atoms with E-state index in [1.54, 1.807) is 0 Å². The summed E-state index contributed by atoms with van der Waals surface area (Å²) in [4.78, 5) is 57.6. The summed E-state index contributed by atoms with van der Waals surface area (Å²) in [6.07, 6.45) is 2.82. The molecule has 17 heteroatoms. The number of fused-ring (bicyclic) bond motifs is 2. The Morgan fingerprint density at radius 1 is 0.610 bits per heavy atom. The van der Waals surface area contributed by atoms with E-state index in [0.29, 0.717) is 0 Å². The number of carbonyl (C=O) groups excluding carboxylic acids is 4. The maximum absolute atomic E-state index is 13.9. The van der Waals surface area contributed by atoms with Gasteiger partial charge in [0.25, 0.3) is 0 Å². The Morgan fingerprint density at radius 2 is 0.974 bits per heavy atom. The van der Waals surface area contributed by atoms with E-state index in [0.717, 1.165) is 71.5 Å². The minimum absolute atomic E-state index is 0. The molecule has 8 aromatic rings. The number of cyclic esters (lactones) is 2. The van der Waals surface area contributed by atoms with Crippen LogP contribution in [0.2, 0.25) is 0 Å². The van der Waals surface area contributed by atoms with Crippen molar-refractivity contribution in [2.24, 2.45) is 5.11 Å². The Morgan fingerprint density at radius 3 is 1.38 bits per heavy atom. The van der Waals surface area contributed by atoms with Crippen molar-refractivity contribution in [3.8, 4) is 11.4 Å². The molecule has 4 amide bonds. The molecule has 77 heavy (non-hydrogen) atoms. The van der Waals surface area contributed by atoms with Gasteiger partial charge in [-0.15, -0.1) is 0 Å². The third-order valence-electron chi connectivity index (χ3n) is 14.4. The first-order valence-corrected chi connectivity index (χ1v) is 42.6. The van der Waals surface area contributed by atoms with Gasteiger partial charge in [0.2, 0.25) is 11.8 Å². The summed E-state index contributed by atoms with van der Waals surface area (Å²) in [7, 11) is 0. The van der Waals surface area contributed by atoms with Crippen molar-refractivity contribution in [2.45, 2.75) is 90.2 Å². The van der Waals surface area contributed by atoms with E-state index in [-0.39, 0.29) is 77.9 Å². The number of carbonyl (C=O) groups is 4. The second-order valence-corrected chi connectivity index (χ2v) is 20.5. The molecular weight excluding hydrogens is 1110 g/mol. The number of ether oxygens (including phenoxy) is 2. The van der Waals surface area contributed by atoms with E-state index < -0.39 is 47.0 Å². The normalized spacial score (nSPS) is 16.4. The van der Waals surface area contributed by atoms with Crippen LogP contribution in [0.4, 0.5) is 9.59 Å². The van der Waals surface area contributed by atoms with E-state index in [2.05, 4.69) is 119 Å². The van der Waals surface area contributed by atoms with Gasteiger partial charge in [-0.05, 0) is 104 Å². The summed E-state index contributed by atoms with van der Waals surface area (Å²) in [5.74, 6) is -1.58. The first kappa shape index (κ1) is 61.6. The van der Waals surface area contributed by atoms with Gasteiger partial charge in [0.15, 0.2) is 0 Å². The molecule has 2 aliphatic heterocycles. The van der Waals surface area contributed by atoms with Crippen LogP contribution in [0, 0.1) is 41.5 Å². The standard InChI is InChI=1S/C30H29BrN2O3.C30H29N5O3.3K.H/c1-18-14-19(2)28(20(3)15-18)32-16-24(23-12-8-9-13-25(23)32)21(4)27(31)29(34)33-26(17-36-30(33)35)22-10-6-5-7-11-22;1-18-14-19(2)28(20(3)15-18)34-16-24(23-12-8-9-13-25(23)34)21(4)27(32-33-31)29(36)35-26(17-38-30(35)37)22-10-6-5-7-11-22;;;;/h5-16,21,26-27H,17H2,1-4H3;5-16,21,26-27H,17H2,1-4H3;;;;/q;;;;+1;-1/t21-,26-,27+;21-,26-,27-;;;;/m00..../s1. The number of amides is 4. The zero-order valence-corrected chi connectivity index (χ0v) is 56.6. The molecule has 380 valence electrons. The molecule has 0 saturated carbocycles. The molecule has 6 atom stereocenters. The third kappa shape index (κ3) is 13.0. The summed E-state index contributed by atoms with van der Waals surface area (Å²) in [5.41, 5.74) is 24.4. The monoisotopic (exact) mass is 1170 g/mol. The van der Waals surface area contributed by atoms with Gasteiger partial charge in [-0.1, -0.05) is 167 Å². The van der Waals surface area contributed by atoms with Crippen molar-refractivity contribution in [2.75, 3.05) is 13.2 Å². The molecule has 0 spiro atoms. The number of para-hydroxylation sites is 2. The molecule has 2 fully saturated rings. The van der Waals surface area contributed by atoms with Crippen LogP contribution in [-0.4, -0.2) is 130 Å². The Labute approximate surface area is 547 Å². The number of nitrogens with zero attached hydrogens (tertiary/aromatic N) is 7. The average Bonchev–Trinajstić information content (AvgIpc) is 4.41. The van der Waals surface area contributed by atoms with Crippen LogP contribution < -0.4 is 51.4 Å². The van der Waals surface area contributed by atoms with E-state index in [1.165, 1.54) is 90.3 Å². The van der Waals surface area contributed by atoms with Crippen molar-refractivity contribution in [3.05, 3.63) is 212 Å². The molecule has 0 unspecified atom stereocenters. The molecule has 2 aliphatic rings. The summed E-state index contributed by atoms with van der Waals surface area (Å²) in [6.45, 7) is 16.7. The van der Waals surface area contributed by atoms with Gasteiger partial charge < -0.3 is 20.0 Å². The molecule has 0 radical (unpaired) electrons. The van der Waals surface area contributed by atoms with Crippen LogP contribution in [0.15, 0.2) is 151 Å². The number of hydrogen-bond donors (Lipinski definition) is 0. The molecule has 2 aromatic heterocycles. The summed E-state index contributed by atoms with van der Waals surface area (Å²) < 4.78 is 14.9. The number of halogens is 1. The van der Waals surface area contributed by atoms with Crippen molar-refractivity contribution in [1.82, 2.24) is 18.9 Å². The fourth-order valence-corrected chi connectivity index (χ4v) is 11.5. The van der Waals surface area contributed by atoms with Crippen molar-refractivity contribution in [3.63, 3.8) is 0 Å². The molecule has 10 rings (SSSR count). The Bertz CT molecular complexity index is 3490. The van der Waals surface area contributed by atoms with E-state index >= 15 is 0 Å². The van der Waals surface area contributed by atoms with Gasteiger partial charge in [-0.2, -0.15) is 0 Å². The predicted octanol–water partition coefficient (Wildman–Crippen LogP) is 10.6. The first-order chi connectivity index (χ1) is 36.6. The number of azide groups is 1. The molecule has 6 aromatic carbocycles. The maximum atomic E-state index is 13.9. The predicted molar refractivity (Wildman–Crippen MR) is 305 cm³/mol. The zero-order chi connectivity index (χ0) is 54.5. The van der Waals surface area contributed by atoms with Gasteiger partial charge in [0.05, 0.1) is 22.4 Å². The Hall–Kier alpha value is -3.02. The minimum atomic E-state index is -1.14. The first-order valence-electron chi connectivity index (χ1n) is 25.7. The SMILES string of the molecule is Cc1cc(C)c(-n2cc([C@H](C)[C@@H](Br)C(=O)N3C(=O)OC[C@H]3c3ccccc3)c3ccccc32)c(C)c1.Cc1cc(C)c(-n2cc([C@H](C)[C@H](N=[N+]=[N-])C(=O)N3C(=O)OC[C@H]3c3ccccc3)c3ccccc32)c(C)c1.[H-].[K+].[K][K]. The van der Waals surface area contributed by atoms with Crippen molar-refractivity contribution in [1.29, 1.82) is 0 Å². The Balaban J connectivity index is 0.000000239. The number of aromatic nitrogens is 2. The topological polar surface area (TPSA) is 152 Å². The summed E-state index contributed by atoms with van der Waals surface area (Å²) >= 11 is 6.16. The van der Waals surface area contributed by atoms with Crippen LogP contribution in [0.25, 0.3) is 43.6 Å². The van der Waals surface area contributed by atoms with Gasteiger partial charge >= 0.3 is 127 Å². The molecule has 4 heterocycles. The number of rotatable bonds is 11. The number of benzene rings is 6. The number of hydrogen-bond acceptors (Lipinski definition) is 7. The number of imide groups is 2. The van der Waals surface area contributed by atoms with Gasteiger partial charge in [-0.3, -0.25) is 9.59 Å². The second kappa shape index (κ2) is 27.6. The van der Waals surface area contributed by atoms with Gasteiger partial charge in [0.1, 0.15) is 36.2 Å². The fourth-order valence-electron chi connectivity index (χ4n) is 11.0. The van der Waals surface area contributed by atoms with Crippen LogP contribution in [-0.2, 0) is 19.1 Å². The number of aryl methyl sites for hydroxylation is 6. The van der Waals surface area contributed by atoms with Crippen molar-refractivity contribution < 1.29 is 81.5 Å². The van der Waals surface area contributed by atoms with Crippen LogP contribution in [0.3, 0.4) is 0 Å². The second-order valence-electron chi connectivity index (χ2n) is 19.5. The molecule has 13 nitrogen and oxygen atoms in total.